The number of hydrogen-bond acceptors (Lipinski definition) is 3. The average Bonchev–Trinajstić information content (AvgIpc) is 2.89. The van der Waals surface area contributed by atoms with Crippen LogP contribution in [0.3, 0.4) is 0 Å². The largest absolute Gasteiger partial charge is 0.390 e. The molecule has 1 aromatic heterocycles. The molecule has 0 radical (unpaired) electrons. The fourth-order valence-corrected chi connectivity index (χ4v) is 3.26. The molecule has 0 aliphatic rings. The Labute approximate surface area is 143 Å². The van der Waals surface area contributed by atoms with Crippen LogP contribution >= 0.6 is 0 Å². The summed E-state index contributed by atoms with van der Waals surface area (Å²) in [6.45, 7) is 3.22. The van der Waals surface area contributed by atoms with Gasteiger partial charge in [0.25, 0.3) is 0 Å². The monoisotopic (exact) mass is 325 g/mol. The Bertz CT molecular complexity index is 741. The molecule has 1 heterocycles. The zero-order chi connectivity index (χ0) is 16.9. The quantitative estimate of drug-likeness (QED) is 0.626. The van der Waals surface area contributed by atoms with E-state index >= 15 is 0 Å². The second-order valence-electron chi connectivity index (χ2n) is 6.66. The number of fused-ring (bicyclic) bond motifs is 3. The first-order valence-electron chi connectivity index (χ1n) is 8.66. The standard InChI is InChI=1S/C20H27N3O/c1-22(2)13-7-12-21-14-16(24)15-23-19-10-5-3-8-17(19)18-9-4-6-11-20(18)23/h3-6,8-11,16,21,24H,7,12-15H2,1-2H3. The summed E-state index contributed by atoms with van der Waals surface area (Å²) in [6, 6.07) is 16.8. The lowest BCUT2D eigenvalue weighted by atomic mass is 10.2. The number of para-hydroxylation sites is 2. The summed E-state index contributed by atoms with van der Waals surface area (Å²) in [5.41, 5.74) is 2.37. The maximum absolute atomic E-state index is 10.5. The lowest BCUT2D eigenvalue weighted by Gasteiger charge is -2.15. The van der Waals surface area contributed by atoms with Crippen molar-refractivity contribution in [3.8, 4) is 0 Å². The maximum atomic E-state index is 10.5. The summed E-state index contributed by atoms with van der Waals surface area (Å²) in [4.78, 5) is 2.18. The Hall–Kier alpha value is -1.88. The van der Waals surface area contributed by atoms with Gasteiger partial charge >= 0.3 is 0 Å². The average molecular weight is 325 g/mol. The molecule has 3 rings (SSSR count). The van der Waals surface area contributed by atoms with E-state index in [1.54, 1.807) is 0 Å². The number of aliphatic hydroxyl groups is 1. The van der Waals surface area contributed by atoms with Crippen molar-refractivity contribution in [2.75, 3.05) is 33.7 Å². The SMILES string of the molecule is CN(C)CCCNCC(O)Cn1c2ccccc2c2ccccc21. The second kappa shape index (κ2) is 7.79. The molecule has 4 heteroatoms. The van der Waals surface area contributed by atoms with Crippen molar-refractivity contribution in [2.24, 2.45) is 0 Å². The van der Waals surface area contributed by atoms with Crippen LogP contribution in [0, 0.1) is 0 Å². The molecular weight excluding hydrogens is 298 g/mol. The molecule has 2 aromatic carbocycles. The van der Waals surface area contributed by atoms with E-state index in [0.29, 0.717) is 13.1 Å². The van der Waals surface area contributed by atoms with Crippen LogP contribution in [-0.4, -0.2) is 54.4 Å². The first kappa shape index (κ1) is 17.0. The van der Waals surface area contributed by atoms with Gasteiger partial charge in [-0.1, -0.05) is 36.4 Å². The normalized spacial score (nSPS) is 13.2. The first-order chi connectivity index (χ1) is 11.7. The lowest BCUT2D eigenvalue weighted by Crippen LogP contribution is -2.31. The van der Waals surface area contributed by atoms with Crippen LogP contribution in [0.1, 0.15) is 6.42 Å². The summed E-state index contributed by atoms with van der Waals surface area (Å²) in [5, 5.41) is 16.3. The number of rotatable bonds is 8. The van der Waals surface area contributed by atoms with E-state index in [1.165, 1.54) is 21.8 Å². The maximum Gasteiger partial charge on any atom is 0.0843 e. The Morgan fingerprint density at radius 2 is 1.58 bits per heavy atom. The number of aliphatic hydroxyl groups excluding tert-OH is 1. The Kier molecular flexibility index (Phi) is 5.51. The predicted octanol–water partition coefficient (Wildman–Crippen LogP) is 2.70. The van der Waals surface area contributed by atoms with Gasteiger partial charge in [-0.05, 0) is 45.7 Å². The summed E-state index contributed by atoms with van der Waals surface area (Å²) in [6.07, 6.45) is 0.693. The highest BCUT2D eigenvalue weighted by Gasteiger charge is 2.12. The molecule has 0 fully saturated rings. The summed E-state index contributed by atoms with van der Waals surface area (Å²) < 4.78 is 2.23. The molecule has 4 nitrogen and oxygen atoms in total. The number of aromatic nitrogens is 1. The zero-order valence-corrected chi connectivity index (χ0v) is 14.6. The molecule has 1 atom stereocenters. The van der Waals surface area contributed by atoms with Crippen LogP contribution in [0.4, 0.5) is 0 Å². The number of nitrogens with one attached hydrogen (secondary N) is 1. The molecule has 0 saturated carbocycles. The van der Waals surface area contributed by atoms with Gasteiger partial charge in [0.1, 0.15) is 0 Å². The van der Waals surface area contributed by atoms with Gasteiger partial charge in [0.15, 0.2) is 0 Å². The molecule has 3 aromatic rings. The lowest BCUT2D eigenvalue weighted by molar-refractivity contribution is 0.154. The fourth-order valence-electron chi connectivity index (χ4n) is 3.26. The van der Waals surface area contributed by atoms with Gasteiger partial charge in [-0.25, -0.2) is 0 Å². The van der Waals surface area contributed by atoms with E-state index in [4.69, 9.17) is 0 Å². The van der Waals surface area contributed by atoms with Crippen molar-refractivity contribution in [2.45, 2.75) is 19.1 Å². The molecule has 24 heavy (non-hydrogen) atoms. The summed E-state index contributed by atoms with van der Waals surface area (Å²) >= 11 is 0. The predicted molar refractivity (Wildman–Crippen MR) is 101 cm³/mol. The van der Waals surface area contributed by atoms with E-state index in [0.717, 1.165) is 19.5 Å². The molecule has 1 unspecified atom stereocenters. The van der Waals surface area contributed by atoms with E-state index in [2.05, 4.69) is 77.4 Å². The molecule has 0 spiro atoms. The molecule has 0 bridgehead atoms. The third kappa shape index (κ3) is 3.78. The van der Waals surface area contributed by atoms with Gasteiger partial charge in [0.2, 0.25) is 0 Å². The van der Waals surface area contributed by atoms with Gasteiger partial charge in [-0.15, -0.1) is 0 Å². The minimum Gasteiger partial charge on any atom is -0.390 e. The third-order valence-corrected chi connectivity index (χ3v) is 4.41. The Balaban J connectivity index is 1.70. The van der Waals surface area contributed by atoms with Crippen molar-refractivity contribution in [1.29, 1.82) is 0 Å². The van der Waals surface area contributed by atoms with Crippen LogP contribution in [0.2, 0.25) is 0 Å². The molecular formula is C20H27N3O. The van der Waals surface area contributed by atoms with E-state index < -0.39 is 6.10 Å². The Morgan fingerprint density at radius 3 is 2.17 bits per heavy atom. The number of benzene rings is 2. The van der Waals surface area contributed by atoms with Crippen LogP contribution in [0.25, 0.3) is 21.8 Å². The summed E-state index contributed by atoms with van der Waals surface area (Å²) in [5.74, 6) is 0. The first-order valence-corrected chi connectivity index (χ1v) is 8.66. The van der Waals surface area contributed by atoms with Crippen molar-refractivity contribution < 1.29 is 5.11 Å². The third-order valence-electron chi connectivity index (χ3n) is 4.41. The van der Waals surface area contributed by atoms with Crippen molar-refractivity contribution in [1.82, 2.24) is 14.8 Å². The van der Waals surface area contributed by atoms with Crippen LogP contribution < -0.4 is 5.32 Å². The highest BCUT2D eigenvalue weighted by Crippen LogP contribution is 2.28. The zero-order valence-electron chi connectivity index (χ0n) is 14.6. The van der Waals surface area contributed by atoms with Crippen LogP contribution in [0.5, 0.6) is 0 Å². The van der Waals surface area contributed by atoms with Gasteiger partial charge in [-0.2, -0.15) is 0 Å². The van der Waals surface area contributed by atoms with E-state index in [1.807, 2.05) is 0 Å². The highest BCUT2D eigenvalue weighted by molar-refractivity contribution is 6.07. The van der Waals surface area contributed by atoms with Gasteiger partial charge in [-0.3, -0.25) is 0 Å². The minimum atomic E-state index is -0.399. The van der Waals surface area contributed by atoms with Crippen molar-refractivity contribution in [3.63, 3.8) is 0 Å². The number of hydrogen-bond donors (Lipinski definition) is 2. The molecule has 0 aliphatic carbocycles. The van der Waals surface area contributed by atoms with Gasteiger partial charge < -0.3 is 19.9 Å². The Morgan fingerprint density at radius 1 is 1.00 bits per heavy atom. The van der Waals surface area contributed by atoms with E-state index in [-0.39, 0.29) is 0 Å². The molecule has 128 valence electrons. The smallest absolute Gasteiger partial charge is 0.0843 e. The second-order valence-corrected chi connectivity index (χ2v) is 6.66. The molecule has 0 saturated heterocycles. The van der Waals surface area contributed by atoms with E-state index in [9.17, 15) is 5.11 Å². The molecule has 0 aliphatic heterocycles. The number of nitrogens with zero attached hydrogens (tertiary/aromatic N) is 2. The highest BCUT2D eigenvalue weighted by atomic mass is 16.3. The van der Waals surface area contributed by atoms with Crippen LogP contribution in [0.15, 0.2) is 48.5 Å². The fraction of sp³-hybridized carbons (Fsp3) is 0.400. The van der Waals surface area contributed by atoms with Gasteiger partial charge in [0.05, 0.1) is 12.6 Å². The minimum absolute atomic E-state index is 0.399. The summed E-state index contributed by atoms with van der Waals surface area (Å²) in [7, 11) is 4.16. The van der Waals surface area contributed by atoms with Crippen LogP contribution in [-0.2, 0) is 6.54 Å². The topological polar surface area (TPSA) is 40.4 Å². The molecule has 2 N–H and O–H groups in total. The molecule has 0 amide bonds. The van der Waals surface area contributed by atoms with Gasteiger partial charge in [0, 0.05) is 28.4 Å². The van der Waals surface area contributed by atoms with Crippen molar-refractivity contribution in [3.05, 3.63) is 48.5 Å². The van der Waals surface area contributed by atoms with Crippen molar-refractivity contribution >= 4 is 21.8 Å².